The van der Waals surface area contributed by atoms with Crippen molar-refractivity contribution >= 4 is 17.5 Å². The molecule has 1 aliphatic rings. The van der Waals surface area contributed by atoms with Crippen LogP contribution in [-0.4, -0.2) is 29.3 Å². The van der Waals surface area contributed by atoms with E-state index in [1.165, 1.54) is 6.07 Å². The van der Waals surface area contributed by atoms with Crippen LogP contribution in [0.5, 0.6) is 5.75 Å². The minimum absolute atomic E-state index is 0.0813. The zero-order valence-corrected chi connectivity index (χ0v) is 15.8. The number of hydrogen-bond donors (Lipinski definition) is 2. The predicted molar refractivity (Wildman–Crippen MR) is 104 cm³/mol. The first-order valence-corrected chi connectivity index (χ1v) is 9.12. The Bertz CT molecular complexity index is 1020. The maximum Gasteiger partial charge on any atom is 0.269 e. The lowest BCUT2D eigenvalue weighted by Crippen LogP contribution is -2.45. The summed E-state index contributed by atoms with van der Waals surface area (Å²) in [5, 5.41) is 10.9. The van der Waals surface area contributed by atoms with Gasteiger partial charge >= 0.3 is 0 Å². The van der Waals surface area contributed by atoms with E-state index in [2.05, 4.69) is 15.7 Å². The molecule has 0 unspecified atom stereocenters. The number of aromatic nitrogens is 2. The average Bonchev–Trinajstić information content (AvgIpc) is 3.17. The molecule has 2 N–H and O–H groups in total. The highest BCUT2D eigenvalue weighted by Crippen LogP contribution is 2.25. The van der Waals surface area contributed by atoms with Gasteiger partial charge in [0, 0.05) is 12.1 Å². The number of fused-ring (bicyclic) bond motifs is 1. The molecule has 0 radical (unpaired) electrons. The first-order chi connectivity index (χ1) is 13.5. The Kier molecular flexibility index (Phi) is 5.02. The molecule has 0 saturated heterocycles. The van der Waals surface area contributed by atoms with Crippen molar-refractivity contribution in [2.24, 2.45) is 0 Å². The average molecular weight is 401 g/mol. The number of benzene rings is 2. The molecule has 2 heterocycles. The highest BCUT2D eigenvalue weighted by atomic mass is 35.5. The van der Waals surface area contributed by atoms with Gasteiger partial charge in [0.2, 0.25) is 0 Å². The second kappa shape index (κ2) is 7.61. The topological polar surface area (TPSA) is 68.2 Å². The van der Waals surface area contributed by atoms with Gasteiger partial charge in [-0.25, -0.2) is 9.07 Å². The van der Waals surface area contributed by atoms with Crippen molar-refractivity contribution in [1.29, 1.82) is 0 Å². The van der Waals surface area contributed by atoms with Crippen molar-refractivity contribution in [1.82, 2.24) is 20.4 Å². The molecule has 0 fully saturated rings. The molecule has 8 heteroatoms. The summed E-state index contributed by atoms with van der Waals surface area (Å²) in [5.74, 6) is 0.131. The summed E-state index contributed by atoms with van der Waals surface area (Å²) in [6, 6.07) is 13.8. The number of carbonyl (C=O) groups is 1. The van der Waals surface area contributed by atoms with Crippen LogP contribution in [-0.2, 0) is 6.54 Å². The summed E-state index contributed by atoms with van der Waals surface area (Å²) in [7, 11) is 1.61. The van der Waals surface area contributed by atoms with Crippen LogP contribution in [0, 0.1) is 5.82 Å². The largest absolute Gasteiger partial charge is 0.497 e. The smallest absolute Gasteiger partial charge is 0.269 e. The van der Waals surface area contributed by atoms with Gasteiger partial charge in [0.25, 0.3) is 5.91 Å². The van der Waals surface area contributed by atoms with E-state index in [0.717, 1.165) is 16.9 Å². The number of rotatable bonds is 5. The monoisotopic (exact) mass is 400 g/mol. The van der Waals surface area contributed by atoms with E-state index in [-0.39, 0.29) is 17.1 Å². The van der Waals surface area contributed by atoms with Crippen LogP contribution in [0.1, 0.15) is 22.2 Å². The molecule has 1 atom stereocenters. The third-order valence-corrected chi connectivity index (χ3v) is 4.92. The van der Waals surface area contributed by atoms with E-state index in [9.17, 15) is 9.18 Å². The SMILES string of the molecule is COc1ccc(-c2cc3n(n2)[C@@H](NCc2ccc(F)c(Cl)c2)CNC3=O)cc1. The van der Waals surface area contributed by atoms with Gasteiger partial charge in [0.1, 0.15) is 23.4 Å². The van der Waals surface area contributed by atoms with Gasteiger partial charge in [-0.15, -0.1) is 0 Å². The lowest BCUT2D eigenvalue weighted by Gasteiger charge is -2.25. The quantitative estimate of drug-likeness (QED) is 0.689. The Hall–Kier alpha value is -2.90. The normalized spacial score (nSPS) is 15.8. The number of nitrogens with one attached hydrogen (secondary N) is 2. The molecule has 1 amide bonds. The van der Waals surface area contributed by atoms with Gasteiger partial charge in [-0.2, -0.15) is 5.10 Å². The van der Waals surface area contributed by atoms with E-state index in [1.54, 1.807) is 30.0 Å². The molecule has 1 aromatic heterocycles. The predicted octanol–water partition coefficient (Wildman–Crippen LogP) is 3.38. The molecule has 0 saturated carbocycles. The van der Waals surface area contributed by atoms with E-state index in [1.807, 2.05) is 24.3 Å². The van der Waals surface area contributed by atoms with Gasteiger partial charge in [-0.1, -0.05) is 17.7 Å². The molecule has 1 aliphatic heterocycles. The number of methoxy groups -OCH3 is 1. The van der Waals surface area contributed by atoms with Crippen LogP contribution in [0.2, 0.25) is 5.02 Å². The molecule has 28 heavy (non-hydrogen) atoms. The Balaban J connectivity index is 1.56. The third-order valence-electron chi connectivity index (χ3n) is 4.63. The summed E-state index contributed by atoms with van der Waals surface area (Å²) < 4.78 is 20.2. The molecular weight excluding hydrogens is 383 g/mol. The van der Waals surface area contributed by atoms with Gasteiger partial charge in [-0.3, -0.25) is 10.1 Å². The summed E-state index contributed by atoms with van der Waals surface area (Å²) in [5.41, 5.74) is 2.91. The minimum atomic E-state index is -0.450. The van der Waals surface area contributed by atoms with E-state index >= 15 is 0 Å². The molecule has 0 aliphatic carbocycles. The molecule has 0 spiro atoms. The van der Waals surface area contributed by atoms with E-state index in [0.29, 0.717) is 24.5 Å². The maximum absolute atomic E-state index is 13.3. The first kappa shape index (κ1) is 18.5. The van der Waals surface area contributed by atoms with Crippen molar-refractivity contribution < 1.29 is 13.9 Å². The van der Waals surface area contributed by atoms with Crippen molar-refractivity contribution in [2.45, 2.75) is 12.7 Å². The fourth-order valence-corrected chi connectivity index (χ4v) is 3.32. The van der Waals surface area contributed by atoms with Gasteiger partial charge in [-0.05, 0) is 48.0 Å². The summed E-state index contributed by atoms with van der Waals surface area (Å²) in [6.45, 7) is 0.849. The highest BCUT2D eigenvalue weighted by molar-refractivity contribution is 6.30. The van der Waals surface area contributed by atoms with Gasteiger partial charge in [0.05, 0.1) is 24.4 Å². The summed E-state index contributed by atoms with van der Waals surface area (Å²) in [4.78, 5) is 12.3. The summed E-state index contributed by atoms with van der Waals surface area (Å²) >= 11 is 5.84. The number of halogens is 2. The zero-order chi connectivity index (χ0) is 19.7. The molecular formula is C20H18ClFN4O2. The molecule has 4 rings (SSSR count). The van der Waals surface area contributed by atoms with Crippen molar-refractivity contribution in [3.63, 3.8) is 0 Å². The molecule has 0 bridgehead atoms. The van der Waals surface area contributed by atoms with Crippen molar-refractivity contribution in [3.05, 3.63) is 70.6 Å². The molecule has 6 nitrogen and oxygen atoms in total. The molecule has 2 aromatic carbocycles. The third kappa shape index (κ3) is 3.58. The van der Waals surface area contributed by atoms with Gasteiger partial charge in [0.15, 0.2) is 0 Å². The van der Waals surface area contributed by atoms with Crippen molar-refractivity contribution in [3.8, 4) is 17.0 Å². The number of amides is 1. The Morgan fingerprint density at radius 3 is 2.79 bits per heavy atom. The van der Waals surface area contributed by atoms with Crippen molar-refractivity contribution in [2.75, 3.05) is 13.7 Å². The highest BCUT2D eigenvalue weighted by Gasteiger charge is 2.27. The fourth-order valence-electron chi connectivity index (χ4n) is 3.11. The van der Waals surface area contributed by atoms with E-state index < -0.39 is 5.82 Å². The molecule has 144 valence electrons. The van der Waals surface area contributed by atoms with E-state index in [4.69, 9.17) is 16.3 Å². The Labute approximate surface area is 166 Å². The maximum atomic E-state index is 13.3. The fraction of sp³-hybridized carbons (Fsp3) is 0.200. The van der Waals surface area contributed by atoms with Crippen LogP contribution >= 0.6 is 11.6 Å². The second-order valence-corrected chi connectivity index (χ2v) is 6.85. The lowest BCUT2D eigenvalue weighted by molar-refractivity contribution is 0.0900. The zero-order valence-electron chi connectivity index (χ0n) is 15.1. The standard InChI is InChI=1S/C20H18ClFN4O2/c1-28-14-5-3-13(4-6-14)17-9-18-20(27)24-11-19(26(18)25-17)23-10-12-2-7-16(22)15(21)8-12/h2-9,19,23H,10-11H2,1H3,(H,24,27)/t19-/m1/s1. The van der Waals surface area contributed by atoms with Crippen LogP contribution in [0.25, 0.3) is 11.3 Å². The minimum Gasteiger partial charge on any atom is -0.497 e. The van der Waals surface area contributed by atoms with Crippen LogP contribution in [0.15, 0.2) is 48.5 Å². The Morgan fingerprint density at radius 1 is 1.29 bits per heavy atom. The number of carbonyl (C=O) groups excluding carboxylic acids is 1. The Morgan fingerprint density at radius 2 is 2.07 bits per heavy atom. The number of hydrogen-bond acceptors (Lipinski definition) is 4. The number of ether oxygens (including phenoxy) is 1. The van der Waals surface area contributed by atoms with Gasteiger partial charge < -0.3 is 10.1 Å². The van der Waals surface area contributed by atoms with Crippen LogP contribution < -0.4 is 15.4 Å². The first-order valence-electron chi connectivity index (χ1n) is 8.74. The molecule has 3 aromatic rings. The lowest BCUT2D eigenvalue weighted by atomic mass is 10.1. The number of nitrogens with zero attached hydrogens (tertiary/aromatic N) is 2. The second-order valence-electron chi connectivity index (χ2n) is 6.44. The summed E-state index contributed by atoms with van der Waals surface area (Å²) in [6.07, 6.45) is -0.233. The van der Waals surface area contributed by atoms with Crippen LogP contribution in [0.3, 0.4) is 0 Å². The van der Waals surface area contributed by atoms with Crippen LogP contribution in [0.4, 0.5) is 4.39 Å².